The number of hydrogen-bond donors (Lipinski definition) is 3. The van der Waals surface area contributed by atoms with Crippen molar-refractivity contribution >= 4 is 23.6 Å². The molecular formula is C20H27ClN2O5. The van der Waals surface area contributed by atoms with E-state index < -0.39 is 18.0 Å². The van der Waals surface area contributed by atoms with Crippen molar-refractivity contribution in [2.24, 2.45) is 0 Å². The van der Waals surface area contributed by atoms with Gasteiger partial charge in [-0.05, 0) is 51.3 Å². The molecule has 7 nitrogen and oxygen atoms in total. The minimum atomic E-state index is -0.774. The number of esters is 1. The third kappa shape index (κ3) is 5.10. The molecule has 28 heavy (non-hydrogen) atoms. The van der Waals surface area contributed by atoms with Crippen LogP contribution in [0.3, 0.4) is 0 Å². The van der Waals surface area contributed by atoms with Crippen molar-refractivity contribution in [2.75, 3.05) is 6.61 Å². The van der Waals surface area contributed by atoms with Crippen LogP contribution in [0.2, 0.25) is 5.02 Å². The van der Waals surface area contributed by atoms with Crippen LogP contribution < -0.4 is 15.4 Å². The zero-order valence-corrected chi connectivity index (χ0v) is 17.4. The molecule has 1 aliphatic rings. The van der Waals surface area contributed by atoms with Crippen LogP contribution >= 0.6 is 11.6 Å². The molecule has 0 spiro atoms. The number of urea groups is 1. The lowest BCUT2D eigenvalue weighted by Crippen LogP contribution is -2.46. The van der Waals surface area contributed by atoms with Gasteiger partial charge in [0.1, 0.15) is 0 Å². The average molecular weight is 411 g/mol. The molecular weight excluding hydrogens is 384 g/mol. The fraction of sp³-hybridized carbons (Fsp3) is 0.500. The van der Waals surface area contributed by atoms with Gasteiger partial charge in [0.25, 0.3) is 0 Å². The van der Waals surface area contributed by atoms with Crippen LogP contribution in [-0.2, 0) is 9.53 Å². The summed E-state index contributed by atoms with van der Waals surface area (Å²) in [6.07, 6.45) is 1.94. The Morgan fingerprint density at radius 3 is 2.64 bits per heavy atom. The second-order valence-corrected chi connectivity index (χ2v) is 7.17. The molecule has 8 heteroatoms. The smallest absolute Gasteiger partial charge is 0.338 e. The molecule has 0 saturated heterocycles. The van der Waals surface area contributed by atoms with Gasteiger partial charge < -0.3 is 25.2 Å². The van der Waals surface area contributed by atoms with E-state index in [1.165, 1.54) is 6.07 Å². The molecule has 0 aliphatic carbocycles. The zero-order chi connectivity index (χ0) is 20.8. The first-order valence-corrected chi connectivity index (χ1v) is 9.82. The van der Waals surface area contributed by atoms with Gasteiger partial charge in [-0.25, -0.2) is 9.59 Å². The number of carbonyl (C=O) groups excluding carboxylic acids is 2. The largest absolute Gasteiger partial charge is 0.503 e. The molecule has 2 rings (SSSR count). The van der Waals surface area contributed by atoms with E-state index in [1.54, 1.807) is 26.8 Å². The molecule has 0 aromatic heterocycles. The van der Waals surface area contributed by atoms with E-state index in [0.29, 0.717) is 29.9 Å². The zero-order valence-electron chi connectivity index (χ0n) is 16.6. The van der Waals surface area contributed by atoms with Crippen molar-refractivity contribution in [3.63, 3.8) is 0 Å². The van der Waals surface area contributed by atoms with Gasteiger partial charge in [0.2, 0.25) is 0 Å². The highest BCUT2D eigenvalue weighted by atomic mass is 35.5. The Morgan fingerprint density at radius 1 is 1.32 bits per heavy atom. The minimum Gasteiger partial charge on any atom is -0.503 e. The third-order valence-corrected chi connectivity index (χ3v) is 4.47. The van der Waals surface area contributed by atoms with E-state index >= 15 is 0 Å². The van der Waals surface area contributed by atoms with Crippen molar-refractivity contribution in [1.82, 2.24) is 10.6 Å². The van der Waals surface area contributed by atoms with Crippen molar-refractivity contribution in [2.45, 2.75) is 59.1 Å². The number of amides is 2. The number of benzene rings is 1. The highest BCUT2D eigenvalue weighted by molar-refractivity contribution is 6.32. The molecule has 2 amide bonds. The van der Waals surface area contributed by atoms with E-state index in [0.717, 1.165) is 12.8 Å². The Bertz CT molecular complexity index is 776. The maximum absolute atomic E-state index is 12.8. The SMILES string of the molecule is CCCCC1=C(C(=O)OC(C)C)C(c2cc(Cl)c(O)c(OCC)c2)NC(=O)N1. The lowest BCUT2D eigenvalue weighted by molar-refractivity contribution is -0.143. The highest BCUT2D eigenvalue weighted by Crippen LogP contribution is 2.39. The summed E-state index contributed by atoms with van der Waals surface area (Å²) in [7, 11) is 0. The molecule has 0 saturated carbocycles. The number of aromatic hydroxyl groups is 1. The molecule has 0 bridgehead atoms. The van der Waals surface area contributed by atoms with Crippen LogP contribution in [0.4, 0.5) is 4.79 Å². The standard InChI is InChI=1S/C20H27ClN2O5/c1-5-7-8-14-16(19(25)28-11(3)4)17(23-20(26)22-14)12-9-13(21)18(24)15(10-12)27-6-2/h9-11,17,24H,5-8H2,1-4H3,(H2,22,23,26). The number of phenolic OH excluding ortho intramolecular Hbond substituents is 1. The van der Waals surface area contributed by atoms with Crippen LogP contribution in [0.1, 0.15) is 58.6 Å². The van der Waals surface area contributed by atoms with E-state index in [4.69, 9.17) is 21.1 Å². The van der Waals surface area contributed by atoms with Crippen LogP contribution in [-0.4, -0.2) is 29.8 Å². The fourth-order valence-corrected chi connectivity index (χ4v) is 3.18. The number of phenols is 1. The Balaban J connectivity index is 2.57. The quantitative estimate of drug-likeness (QED) is 0.558. The van der Waals surface area contributed by atoms with Gasteiger partial charge in [-0.2, -0.15) is 0 Å². The van der Waals surface area contributed by atoms with Gasteiger partial charge in [0.05, 0.1) is 29.3 Å². The molecule has 0 radical (unpaired) electrons. The maximum atomic E-state index is 12.8. The van der Waals surface area contributed by atoms with Crippen molar-refractivity contribution in [3.8, 4) is 11.5 Å². The van der Waals surface area contributed by atoms with Crippen molar-refractivity contribution < 1.29 is 24.2 Å². The number of rotatable bonds is 8. The molecule has 1 aromatic carbocycles. The Hall–Kier alpha value is -2.41. The first kappa shape index (κ1) is 21.9. The van der Waals surface area contributed by atoms with Crippen LogP contribution in [0, 0.1) is 0 Å². The number of allylic oxidation sites excluding steroid dienone is 1. The molecule has 3 N–H and O–H groups in total. The van der Waals surface area contributed by atoms with E-state index in [-0.39, 0.29) is 22.6 Å². The monoisotopic (exact) mass is 410 g/mol. The summed E-state index contributed by atoms with van der Waals surface area (Å²) in [6.45, 7) is 7.66. The highest BCUT2D eigenvalue weighted by Gasteiger charge is 2.34. The minimum absolute atomic E-state index is 0.0698. The van der Waals surface area contributed by atoms with Gasteiger partial charge >= 0.3 is 12.0 Å². The second kappa shape index (κ2) is 9.68. The summed E-state index contributed by atoms with van der Waals surface area (Å²) in [4.78, 5) is 25.1. The molecule has 1 aliphatic heterocycles. The molecule has 1 unspecified atom stereocenters. The molecule has 1 aromatic rings. The van der Waals surface area contributed by atoms with Gasteiger partial charge in [0, 0.05) is 5.70 Å². The molecule has 1 heterocycles. The number of halogens is 1. The van der Waals surface area contributed by atoms with Crippen LogP contribution in [0.15, 0.2) is 23.4 Å². The van der Waals surface area contributed by atoms with Crippen molar-refractivity contribution in [3.05, 3.63) is 34.0 Å². The fourth-order valence-electron chi connectivity index (χ4n) is 2.96. The van der Waals surface area contributed by atoms with Gasteiger partial charge in [0.15, 0.2) is 11.5 Å². The molecule has 1 atom stereocenters. The number of ether oxygens (including phenoxy) is 2. The lowest BCUT2D eigenvalue weighted by Gasteiger charge is -2.30. The second-order valence-electron chi connectivity index (χ2n) is 6.76. The van der Waals surface area contributed by atoms with E-state index in [9.17, 15) is 14.7 Å². The first-order valence-electron chi connectivity index (χ1n) is 9.45. The van der Waals surface area contributed by atoms with Crippen LogP contribution in [0.25, 0.3) is 0 Å². The predicted octanol–water partition coefficient (Wildman–Crippen LogP) is 4.19. The summed E-state index contributed by atoms with van der Waals surface area (Å²) in [5.74, 6) is -0.515. The number of hydrogen-bond acceptors (Lipinski definition) is 5. The number of unbranched alkanes of at least 4 members (excludes halogenated alkanes) is 1. The first-order chi connectivity index (χ1) is 13.3. The third-order valence-electron chi connectivity index (χ3n) is 4.18. The lowest BCUT2D eigenvalue weighted by atomic mass is 9.93. The van der Waals surface area contributed by atoms with Gasteiger partial charge in [-0.15, -0.1) is 0 Å². The summed E-state index contributed by atoms with van der Waals surface area (Å²) in [6, 6.07) is 1.89. The van der Waals surface area contributed by atoms with Gasteiger partial charge in [-0.3, -0.25) is 0 Å². The summed E-state index contributed by atoms with van der Waals surface area (Å²) >= 11 is 6.15. The number of carbonyl (C=O) groups is 2. The average Bonchev–Trinajstić information content (AvgIpc) is 2.62. The molecule has 154 valence electrons. The number of nitrogens with one attached hydrogen (secondary N) is 2. The predicted molar refractivity (Wildman–Crippen MR) is 106 cm³/mol. The Labute approximate surface area is 170 Å². The van der Waals surface area contributed by atoms with Crippen molar-refractivity contribution in [1.29, 1.82) is 0 Å². The van der Waals surface area contributed by atoms with Crippen LogP contribution in [0.5, 0.6) is 11.5 Å². The van der Waals surface area contributed by atoms with Gasteiger partial charge in [-0.1, -0.05) is 24.9 Å². The Kier molecular flexibility index (Phi) is 7.57. The molecule has 0 fully saturated rings. The van der Waals surface area contributed by atoms with E-state index in [1.807, 2.05) is 6.92 Å². The normalized spacial score (nSPS) is 16.6. The summed E-state index contributed by atoms with van der Waals surface area (Å²) in [5, 5.41) is 15.7. The summed E-state index contributed by atoms with van der Waals surface area (Å²) in [5.41, 5.74) is 1.38. The maximum Gasteiger partial charge on any atom is 0.338 e. The topological polar surface area (TPSA) is 96.9 Å². The van der Waals surface area contributed by atoms with E-state index in [2.05, 4.69) is 10.6 Å². The Morgan fingerprint density at radius 2 is 2.04 bits per heavy atom. The summed E-state index contributed by atoms with van der Waals surface area (Å²) < 4.78 is 10.8.